The predicted octanol–water partition coefficient (Wildman–Crippen LogP) is 3.64. The van der Waals surface area contributed by atoms with Gasteiger partial charge < -0.3 is 4.74 Å². The molecule has 0 N–H and O–H groups in total. The number of hydrogen-bond donors (Lipinski definition) is 0. The number of thioether (sulfide) groups is 1. The number of carbonyl (C=O) groups excluding carboxylic acids is 1. The van der Waals surface area contributed by atoms with Crippen LogP contribution in [0.25, 0.3) is 11.7 Å². The molecule has 0 radical (unpaired) electrons. The van der Waals surface area contributed by atoms with Crippen LogP contribution in [0.1, 0.15) is 12.0 Å². The largest absolute Gasteiger partial charge is 0.438 e. The minimum absolute atomic E-state index is 0.0227. The lowest BCUT2D eigenvalue weighted by molar-refractivity contribution is -0.123. The molecule has 1 amide bonds. The molecule has 2 aliphatic rings. The van der Waals surface area contributed by atoms with Crippen LogP contribution in [-0.2, 0) is 14.6 Å². The second-order valence-corrected chi connectivity index (χ2v) is 12.5. The molecule has 1 aromatic carbocycles. The number of rotatable bonds is 4. The molecule has 5 rings (SSSR count). The first kappa shape index (κ1) is 23.2. The van der Waals surface area contributed by atoms with Gasteiger partial charge in [-0.2, -0.15) is 4.98 Å². The summed E-state index contributed by atoms with van der Waals surface area (Å²) >= 11 is 9.78. The minimum atomic E-state index is -3.20. The summed E-state index contributed by atoms with van der Waals surface area (Å²) in [6.45, 7) is 0. The van der Waals surface area contributed by atoms with Gasteiger partial charge in [0.05, 0.1) is 22.5 Å². The van der Waals surface area contributed by atoms with Crippen molar-refractivity contribution in [3.05, 3.63) is 74.0 Å². The Bertz CT molecular complexity index is 1530. The lowest BCUT2D eigenvalue weighted by Crippen LogP contribution is -2.39. The Balaban J connectivity index is 1.58. The van der Waals surface area contributed by atoms with Crippen LogP contribution in [0, 0.1) is 0 Å². The Morgan fingerprint density at radius 2 is 1.94 bits per heavy atom. The summed E-state index contributed by atoms with van der Waals surface area (Å²) in [6, 6.07) is 11.7. The monoisotopic (exact) mass is 577 g/mol. The third-order valence-corrected chi connectivity index (χ3v) is 9.04. The summed E-state index contributed by atoms with van der Waals surface area (Å²) in [5.41, 5.74) is 0.0676. The Labute approximate surface area is 212 Å². The third kappa shape index (κ3) is 4.42. The molecule has 2 aromatic heterocycles. The first-order valence-corrected chi connectivity index (χ1v) is 14.0. The summed E-state index contributed by atoms with van der Waals surface area (Å²) < 4.78 is 32.3. The van der Waals surface area contributed by atoms with Gasteiger partial charge in [0.2, 0.25) is 5.88 Å². The molecule has 0 unspecified atom stereocenters. The quantitative estimate of drug-likeness (QED) is 0.342. The highest BCUT2D eigenvalue weighted by Gasteiger charge is 2.42. The highest BCUT2D eigenvalue weighted by atomic mass is 79.9. The summed E-state index contributed by atoms with van der Waals surface area (Å²) in [5, 5.41) is 0. The number of sulfone groups is 1. The fourth-order valence-corrected chi connectivity index (χ4v) is 7.15. The summed E-state index contributed by atoms with van der Waals surface area (Å²) in [6.07, 6.45) is 3.34. The van der Waals surface area contributed by atoms with E-state index in [0.29, 0.717) is 17.8 Å². The molecule has 0 spiro atoms. The number of halogens is 1. The highest BCUT2D eigenvalue weighted by molar-refractivity contribution is 9.10. The molecule has 0 aliphatic carbocycles. The van der Waals surface area contributed by atoms with Gasteiger partial charge in [0.25, 0.3) is 11.5 Å². The standard InChI is InChI=1S/C22H16BrN3O5S3/c23-13-4-6-15(7-5-13)31-19-16(20(27)25-9-2-1-3-18(25)24-19)11-17-21(28)26(22(32)33-17)14-8-10-34(29,30)12-14/h1-7,9,11,14H,8,10,12H2/b17-11-/t14-/m1/s1. The molecule has 34 heavy (non-hydrogen) atoms. The highest BCUT2D eigenvalue weighted by Crippen LogP contribution is 2.37. The molecule has 2 aliphatic heterocycles. The molecule has 3 aromatic rings. The zero-order chi connectivity index (χ0) is 24.0. The lowest BCUT2D eigenvalue weighted by Gasteiger charge is -2.20. The normalized spacial score (nSPS) is 21.0. The van der Waals surface area contributed by atoms with Crippen molar-refractivity contribution in [2.24, 2.45) is 0 Å². The van der Waals surface area contributed by atoms with Crippen LogP contribution in [0.4, 0.5) is 0 Å². The van der Waals surface area contributed by atoms with Crippen LogP contribution in [0.15, 0.2) is 62.8 Å². The van der Waals surface area contributed by atoms with Crippen LogP contribution in [0.3, 0.4) is 0 Å². The molecule has 0 bridgehead atoms. The zero-order valence-electron chi connectivity index (χ0n) is 17.4. The number of benzene rings is 1. The van der Waals surface area contributed by atoms with E-state index in [2.05, 4.69) is 20.9 Å². The number of fused-ring (bicyclic) bond motifs is 1. The molecule has 4 heterocycles. The number of carbonyl (C=O) groups is 1. The maximum atomic E-state index is 13.3. The van der Waals surface area contributed by atoms with Gasteiger partial charge in [-0.05, 0) is 48.9 Å². The molecule has 0 saturated carbocycles. The number of amides is 1. The molecule has 2 fully saturated rings. The minimum Gasteiger partial charge on any atom is -0.438 e. The number of hydrogen-bond acceptors (Lipinski definition) is 8. The SMILES string of the molecule is O=C1/C(=C/c2c(Oc3ccc(Br)cc3)nc3ccccn3c2=O)SC(=S)N1[C@@H]1CCS(=O)(=O)C1. The molecular weight excluding hydrogens is 562 g/mol. The Morgan fingerprint density at radius 3 is 2.65 bits per heavy atom. The van der Waals surface area contributed by atoms with Crippen LogP contribution in [0.5, 0.6) is 11.6 Å². The maximum Gasteiger partial charge on any atom is 0.269 e. The summed E-state index contributed by atoms with van der Waals surface area (Å²) in [5.74, 6) is -0.00932. The fraction of sp³-hybridized carbons (Fsp3) is 0.182. The Hall–Kier alpha value is -2.54. The second kappa shape index (κ2) is 8.91. The smallest absolute Gasteiger partial charge is 0.269 e. The number of ether oxygens (including phenoxy) is 1. The first-order chi connectivity index (χ1) is 16.2. The van der Waals surface area contributed by atoms with E-state index in [9.17, 15) is 18.0 Å². The van der Waals surface area contributed by atoms with Gasteiger partial charge in [-0.25, -0.2) is 8.42 Å². The summed E-state index contributed by atoms with van der Waals surface area (Å²) in [7, 11) is -3.20. The molecule has 8 nitrogen and oxygen atoms in total. The van der Waals surface area contributed by atoms with E-state index in [-0.39, 0.29) is 32.2 Å². The Kier molecular flexibility index (Phi) is 6.09. The fourth-order valence-electron chi connectivity index (χ4n) is 3.80. The van der Waals surface area contributed by atoms with Crippen LogP contribution < -0.4 is 10.3 Å². The van der Waals surface area contributed by atoms with Gasteiger partial charge in [-0.3, -0.25) is 18.9 Å². The molecular formula is C22H16BrN3O5S3. The van der Waals surface area contributed by atoms with E-state index in [1.165, 1.54) is 15.4 Å². The Morgan fingerprint density at radius 1 is 1.18 bits per heavy atom. The maximum absolute atomic E-state index is 13.3. The van der Waals surface area contributed by atoms with Gasteiger partial charge in [-0.1, -0.05) is 46.0 Å². The van der Waals surface area contributed by atoms with Crippen molar-refractivity contribution in [2.45, 2.75) is 12.5 Å². The van der Waals surface area contributed by atoms with Gasteiger partial charge in [0.15, 0.2) is 9.84 Å². The zero-order valence-corrected chi connectivity index (χ0v) is 21.4. The lowest BCUT2D eigenvalue weighted by atomic mass is 10.2. The average Bonchev–Trinajstić information content (AvgIpc) is 3.29. The molecule has 174 valence electrons. The van der Waals surface area contributed by atoms with Crippen molar-refractivity contribution in [1.29, 1.82) is 0 Å². The van der Waals surface area contributed by atoms with Crippen molar-refractivity contribution in [3.63, 3.8) is 0 Å². The van der Waals surface area contributed by atoms with Crippen LogP contribution in [-0.4, -0.2) is 50.5 Å². The van der Waals surface area contributed by atoms with E-state index < -0.39 is 27.3 Å². The van der Waals surface area contributed by atoms with Gasteiger partial charge in [0.1, 0.15) is 21.3 Å². The van der Waals surface area contributed by atoms with E-state index >= 15 is 0 Å². The topological polar surface area (TPSA) is 98.0 Å². The molecule has 12 heteroatoms. The average molecular weight is 578 g/mol. The van der Waals surface area contributed by atoms with Crippen molar-refractivity contribution < 1.29 is 17.9 Å². The first-order valence-electron chi connectivity index (χ1n) is 10.1. The van der Waals surface area contributed by atoms with Crippen LogP contribution >= 0.6 is 39.9 Å². The van der Waals surface area contributed by atoms with Crippen LogP contribution in [0.2, 0.25) is 0 Å². The van der Waals surface area contributed by atoms with Gasteiger partial charge in [-0.15, -0.1) is 0 Å². The van der Waals surface area contributed by atoms with E-state index in [1.807, 2.05) is 0 Å². The third-order valence-electron chi connectivity index (χ3n) is 5.43. The van der Waals surface area contributed by atoms with E-state index in [1.54, 1.807) is 48.7 Å². The van der Waals surface area contributed by atoms with E-state index in [4.69, 9.17) is 17.0 Å². The van der Waals surface area contributed by atoms with E-state index in [0.717, 1.165) is 16.2 Å². The van der Waals surface area contributed by atoms with Gasteiger partial charge in [0, 0.05) is 10.7 Å². The summed E-state index contributed by atoms with van der Waals surface area (Å²) in [4.78, 5) is 32.6. The van der Waals surface area contributed by atoms with Gasteiger partial charge >= 0.3 is 0 Å². The van der Waals surface area contributed by atoms with Crippen molar-refractivity contribution >= 4 is 71.7 Å². The number of nitrogens with zero attached hydrogens (tertiary/aromatic N) is 3. The molecule has 1 atom stereocenters. The second-order valence-electron chi connectivity index (χ2n) is 7.73. The molecule has 2 saturated heterocycles. The van der Waals surface area contributed by atoms with Crippen molar-refractivity contribution in [3.8, 4) is 11.6 Å². The predicted molar refractivity (Wildman–Crippen MR) is 138 cm³/mol. The number of aromatic nitrogens is 2. The van der Waals surface area contributed by atoms with Crippen molar-refractivity contribution in [2.75, 3.05) is 11.5 Å². The van der Waals surface area contributed by atoms with Crippen molar-refractivity contribution in [1.82, 2.24) is 14.3 Å². The number of thiocarbonyl (C=S) groups is 1. The number of pyridine rings is 1.